The third-order valence-corrected chi connectivity index (χ3v) is 3.64. The summed E-state index contributed by atoms with van der Waals surface area (Å²) in [7, 11) is 0. The van der Waals surface area contributed by atoms with Crippen LogP contribution in [0.3, 0.4) is 0 Å². The number of carbonyl (C=O) groups is 1. The number of hydrogen-bond donors (Lipinski definition) is 0. The van der Waals surface area contributed by atoms with E-state index in [1.807, 2.05) is 6.92 Å². The van der Waals surface area contributed by atoms with Crippen LogP contribution < -0.4 is 0 Å². The van der Waals surface area contributed by atoms with Gasteiger partial charge in [-0.2, -0.15) is 0 Å². The van der Waals surface area contributed by atoms with Crippen molar-refractivity contribution in [3.8, 4) is 0 Å². The minimum Gasteiger partial charge on any atom is -0.293 e. The standard InChI is InChI=1S/C13H11F2NOS/c1-7-13(18-8(2)16-7)12(17)5-9-3-4-10(14)6-11(9)15/h3-4,6H,5H2,1-2H3. The zero-order valence-electron chi connectivity index (χ0n) is 9.96. The Hall–Kier alpha value is -1.62. The molecular weight excluding hydrogens is 256 g/mol. The maximum atomic E-state index is 13.4. The predicted molar refractivity (Wildman–Crippen MR) is 66.0 cm³/mol. The summed E-state index contributed by atoms with van der Waals surface area (Å²) < 4.78 is 26.2. The number of ketones is 1. The van der Waals surface area contributed by atoms with Crippen molar-refractivity contribution in [2.24, 2.45) is 0 Å². The number of thiazole rings is 1. The molecule has 0 aliphatic heterocycles. The number of Topliss-reactive ketones (excluding diaryl/α,β-unsaturated/α-hetero) is 1. The van der Waals surface area contributed by atoms with Crippen LogP contribution >= 0.6 is 11.3 Å². The molecule has 2 nitrogen and oxygen atoms in total. The van der Waals surface area contributed by atoms with Crippen molar-refractivity contribution in [3.63, 3.8) is 0 Å². The molecule has 1 aromatic heterocycles. The van der Waals surface area contributed by atoms with Gasteiger partial charge in [0, 0.05) is 12.5 Å². The SMILES string of the molecule is Cc1nc(C)c(C(=O)Cc2ccc(F)cc2F)s1. The highest BCUT2D eigenvalue weighted by atomic mass is 32.1. The van der Waals surface area contributed by atoms with Gasteiger partial charge in [-0.3, -0.25) is 4.79 Å². The Balaban J connectivity index is 2.24. The lowest BCUT2D eigenvalue weighted by atomic mass is 10.1. The van der Waals surface area contributed by atoms with Gasteiger partial charge >= 0.3 is 0 Å². The van der Waals surface area contributed by atoms with E-state index in [4.69, 9.17) is 0 Å². The van der Waals surface area contributed by atoms with Gasteiger partial charge in [0.1, 0.15) is 11.6 Å². The summed E-state index contributed by atoms with van der Waals surface area (Å²) in [6, 6.07) is 3.23. The summed E-state index contributed by atoms with van der Waals surface area (Å²) >= 11 is 1.29. The Kier molecular flexibility index (Phi) is 3.52. The number of aryl methyl sites for hydroxylation is 2. The molecule has 5 heteroatoms. The summed E-state index contributed by atoms with van der Waals surface area (Å²) in [5, 5.41) is 0.801. The van der Waals surface area contributed by atoms with E-state index in [-0.39, 0.29) is 17.8 Å². The molecule has 0 unspecified atom stereocenters. The number of nitrogens with zero attached hydrogens (tertiary/aromatic N) is 1. The van der Waals surface area contributed by atoms with Crippen molar-refractivity contribution < 1.29 is 13.6 Å². The molecule has 0 N–H and O–H groups in total. The first kappa shape index (κ1) is 12.8. The van der Waals surface area contributed by atoms with Gasteiger partial charge in [0.15, 0.2) is 5.78 Å². The van der Waals surface area contributed by atoms with Crippen LogP contribution in [0.25, 0.3) is 0 Å². The highest BCUT2D eigenvalue weighted by Gasteiger charge is 2.16. The molecule has 2 rings (SSSR count). The second kappa shape index (κ2) is 4.94. The molecule has 1 heterocycles. The van der Waals surface area contributed by atoms with E-state index in [1.165, 1.54) is 17.4 Å². The summed E-state index contributed by atoms with van der Waals surface area (Å²) in [4.78, 5) is 16.7. The Morgan fingerprint density at radius 1 is 1.33 bits per heavy atom. The molecule has 94 valence electrons. The van der Waals surface area contributed by atoms with Crippen molar-refractivity contribution in [1.29, 1.82) is 0 Å². The Morgan fingerprint density at radius 3 is 2.61 bits per heavy atom. The number of hydrogen-bond acceptors (Lipinski definition) is 3. The Morgan fingerprint density at radius 2 is 2.06 bits per heavy atom. The molecule has 2 aromatic rings. The van der Waals surface area contributed by atoms with Crippen LogP contribution in [0.15, 0.2) is 18.2 Å². The molecule has 0 saturated heterocycles. The molecule has 0 radical (unpaired) electrons. The fraction of sp³-hybridized carbons (Fsp3) is 0.231. The maximum absolute atomic E-state index is 13.4. The highest BCUT2D eigenvalue weighted by Crippen LogP contribution is 2.20. The molecular formula is C13H11F2NOS. The largest absolute Gasteiger partial charge is 0.293 e. The molecule has 18 heavy (non-hydrogen) atoms. The van der Waals surface area contributed by atoms with Crippen LogP contribution in [0.1, 0.15) is 25.9 Å². The van der Waals surface area contributed by atoms with Gasteiger partial charge < -0.3 is 0 Å². The van der Waals surface area contributed by atoms with Gasteiger partial charge in [-0.25, -0.2) is 13.8 Å². The fourth-order valence-electron chi connectivity index (χ4n) is 1.71. The summed E-state index contributed by atoms with van der Waals surface area (Å²) in [6.45, 7) is 3.56. The van der Waals surface area contributed by atoms with Crippen molar-refractivity contribution in [3.05, 3.63) is 51.0 Å². The third-order valence-electron chi connectivity index (χ3n) is 2.52. The van der Waals surface area contributed by atoms with Crippen LogP contribution in [0, 0.1) is 25.5 Å². The fourth-order valence-corrected chi connectivity index (χ4v) is 2.57. The minimum absolute atomic E-state index is 0.0748. The lowest BCUT2D eigenvalue weighted by Gasteiger charge is -2.02. The van der Waals surface area contributed by atoms with Gasteiger partial charge in [0.25, 0.3) is 0 Å². The first-order valence-corrected chi connectivity index (χ1v) is 6.20. The van der Waals surface area contributed by atoms with E-state index in [0.717, 1.165) is 17.1 Å². The van der Waals surface area contributed by atoms with Crippen LogP contribution in [0.2, 0.25) is 0 Å². The first-order chi connectivity index (χ1) is 8.47. The number of aromatic nitrogens is 1. The molecule has 0 atom stereocenters. The van der Waals surface area contributed by atoms with E-state index in [0.29, 0.717) is 10.6 Å². The molecule has 0 aliphatic carbocycles. The predicted octanol–water partition coefficient (Wildman–Crippen LogP) is 3.46. The number of carbonyl (C=O) groups excluding carboxylic acids is 1. The van der Waals surface area contributed by atoms with E-state index in [9.17, 15) is 13.6 Å². The lowest BCUT2D eigenvalue weighted by molar-refractivity contribution is 0.0995. The molecule has 0 amide bonds. The van der Waals surface area contributed by atoms with E-state index >= 15 is 0 Å². The maximum Gasteiger partial charge on any atom is 0.179 e. The zero-order valence-corrected chi connectivity index (χ0v) is 10.8. The topological polar surface area (TPSA) is 30.0 Å². The summed E-state index contributed by atoms with van der Waals surface area (Å²) in [5.74, 6) is -1.53. The Labute approximate surface area is 107 Å². The van der Waals surface area contributed by atoms with Gasteiger partial charge in [-0.15, -0.1) is 11.3 Å². The van der Waals surface area contributed by atoms with Crippen molar-refractivity contribution in [2.75, 3.05) is 0 Å². The Bertz CT molecular complexity index is 607. The van der Waals surface area contributed by atoms with Gasteiger partial charge in [0.2, 0.25) is 0 Å². The molecule has 1 aromatic carbocycles. The lowest BCUT2D eigenvalue weighted by Crippen LogP contribution is -2.05. The van der Waals surface area contributed by atoms with Gasteiger partial charge in [-0.1, -0.05) is 6.07 Å². The van der Waals surface area contributed by atoms with E-state index in [2.05, 4.69) is 4.98 Å². The number of benzene rings is 1. The summed E-state index contributed by atoms with van der Waals surface area (Å²) in [5.41, 5.74) is 0.858. The van der Waals surface area contributed by atoms with E-state index < -0.39 is 11.6 Å². The number of rotatable bonds is 3. The van der Waals surface area contributed by atoms with Crippen LogP contribution in [-0.2, 0) is 6.42 Å². The zero-order chi connectivity index (χ0) is 13.3. The average Bonchev–Trinajstić information content (AvgIpc) is 2.62. The molecule has 0 fully saturated rings. The second-order valence-electron chi connectivity index (χ2n) is 3.98. The quantitative estimate of drug-likeness (QED) is 0.797. The monoisotopic (exact) mass is 267 g/mol. The average molecular weight is 267 g/mol. The van der Waals surface area contributed by atoms with Gasteiger partial charge in [0.05, 0.1) is 15.6 Å². The smallest absolute Gasteiger partial charge is 0.179 e. The minimum atomic E-state index is -0.692. The van der Waals surface area contributed by atoms with Gasteiger partial charge in [-0.05, 0) is 25.5 Å². The van der Waals surface area contributed by atoms with Crippen LogP contribution in [-0.4, -0.2) is 10.8 Å². The van der Waals surface area contributed by atoms with Crippen LogP contribution in [0.5, 0.6) is 0 Å². The molecule has 0 saturated carbocycles. The molecule has 0 aliphatic rings. The summed E-state index contributed by atoms with van der Waals surface area (Å²) in [6.07, 6.45) is -0.0748. The van der Waals surface area contributed by atoms with Crippen LogP contribution in [0.4, 0.5) is 8.78 Å². The normalized spacial score (nSPS) is 10.7. The second-order valence-corrected chi connectivity index (χ2v) is 5.19. The van der Waals surface area contributed by atoms with Crippen molar-refractivity contribution in [2.45, 2.75) is 20.3 Å². The third kappa shape index (κ3) is 2.61. The van der Waals surface area contributed by atoms with Crippen molar-refractivity contribution >= 4 is 17.1 Å². The first-order valence-electron chi connectivity index (χ1n) is 5.38. The van der Waals surface area contributed by atoms with E-state index in [1.54, 1.807) is 6.92 Å². The van der Waals surface area contributed by atoms with Crippen molar-refractivity contribution in [1.82, 2.24) is 4.98 Å². The molecule has 0 bridgehead atoms. The highest BCUT2D eigenvalue weighted by molar-refractivity contribution is 7.13. The molecule has 0 spiro atoms. The number of halogens is 2.